The second kappa shape index (κ2) is 8.68. The van der Waals surface area contributed by atoms with Crippen LogP contribution >= 0.6 is 0 Å². The van der Waals surface area contributed by atoms with Crippen molar-refractivity contribution in [1.29, 1.82) is 0 Å². The molecular weight excluding hydrogens is 316 g/mol. The highest BCUT2D eigenvalue weighted by Gasteiger charge is 2.06. The predicted molar refractivity (Wildman–Crippen MR) is 98.3 cm³/mol. The van der Waals surface area contributed by atoms with Gasteiger partial charge in [0.25, 0.3) is 5.91 Å². The largest absolute Gasteiger partial charge is 0.496 e. The lowest BCUT2D eigenvalue weighted by atomic mass is 10.1. The van der Waals surface area contributed by atoms with E-state index in [0.29, 0.717) is 12.1 Å². The quantitative estimate of drug-likeness (QED) is 0.824. The first-order chi connectivity index (χ1) is 12.0. The second-order valence-electron chi connectivity index (χ2n) is 5.68. The number of nitrogens with zero attached hydrogens (tertiary/aromatic N) is 1. The highest BCUT2D eigenvalue weighted by molar-refractivity contribution is 5.94. The van der Waals surface area contributed by atoms with E-state index in [-0.39, 0.29) is 11.8 Å². The SMILES string of the molecule is COc1ccccc1CNC(=O)/C=C/c1ccc(C(=O)N(C)C)cc1. The lowest BCUT2D eigenvalue weighted by molar-refractivity contribution is -0.116. The Morgan fingerprint density at radius 1 is 1.08 bits per heavy atom. The maximum Gasteiger partial charge on any atom is 0.253 e. The van der Waals surface area contributed by atoms with Crippen molar-refractivity contribution in [3.8, 4) is 5.75 Å². The third kappa shape index (κ3) is 5.21. The van der Waals surface area contributed by atoms with Gasteiger partial charge in [-0.3, -0.25) is 9.59 Å². The topological polar surface area (TPSA) is 58.6 Å². The summed E-state index contributed by atoms with van der Waals surface area (Å²) < 4.78 is 5.25. The molecule has 2 aromatic carbocycles. The summed E-state index contributed by atoms with van der Waals surface area (Å²) in [5.41, 5.74) is 2.38. The number of para-hydroxylation sites is 1. The minimum absolute atomic E-state index is 0.0509. The summed E-state index contributed by atoms with van der Waals surface area (Å²) in [6, 6.07) is 14.6. The molecule has 5 heteroatoms. The minimum atomic E-state index is -0.195. The maximum atomic E-state index is 12.0. The number of methoxy groups -OCH3 is 1. The van der Waals surface area contributed by atoms with E-state index in [1.54, 1.807) is 51.5 Å². The monoisotopic (exact) mass is 338 g/mol. The van der Waals surface area contributed by atoms with Crippen molar-refractivity contribution in [2.24, 2.45) is 0 Å². The van der Waals surface area contributed by atoms with Gasteiger partial charge >= 0.3 is 0 Å². The van der Waals surface area contributed by atoms with Gasteiger partial charge in [-0.1, -0.05) is 30.3 Å². The normalized spacial score (nSPS) is 10.5. The Morgan fingerprint density at radius 3 is 2.40 bits per heavy atom. The molecular formula is C20H22N2O3. The van der Waals surface area contributed by atoms with Crippen LogP contribution in [0.25, 0.3) is 6.08 Å². The number of rotatable bonds is 6. The van der Waals surface area contributed by atoms with Crippen LogP contribution in [0.2, 0.25) is 0 Å². The van der Waals surface area contributed by atoms with Gasteiger partial charge in [-0.15, -0.1) is 0 Å². The highest BCUT2D eigenvalue weighted by atomic mass is 16.5. The number of amides is 2. The van der Waals surface area contributed by atoms with Gasteiger partial charge in [0.2, 0.25) is 5.91 Å². The summed E-state index contributed by atoms with van der Waals surface area (Å²) >= 11 is 0. The molecule has 0 heterocycles. The Balaban J connectivity index is 1.93. The molecule has 0 aliphatic carbocycles. The van der Waals surface area contributed by atoms with Crippen LogP contribution in [0.3, 0.4) is 0 Å². The van der Waals surface area contributed by atoms with Gasteiger partial charge < -0.3 is 15.0 Å². The molecule has 0 bridgehead atoms. The van der Waals surface area contributed by atoms with Crippen molar-refractivity contribution < 1.29 is 14.3 Å². The second-order valence-corrected chi connectivity index (χ2v) is 5.68. The van der Waals surface area contributed by atoms with Crippen LogP contribution in [-0.4, -0.2) is 37.9 Å². The van der Waals surface area contributed by atoms with Crippen LogP contribution in [-0.2, 0) is 11.3 Å². The number of carbonyl (C=O) groups is 2. The van der Waals surface area contributed by atoms with Crippen LogP contribution < -0.4 is 10.1 Å². The first-order valence-corrected chi connectivity index (χ1v) is 7.91. The van der Waals surface area contributed by atoms with Crippen LogP contribution in [0.4, 0.5) is 0 Å². The van der Waals surface area contributed by atoms with Crippen molar-refractivity contribution in [2.45, 2.75) is 6.54 Å². The molecule has 5 nitrogen and oxygen atoms in total. The van der Waals surface area contributed by atoms with Crippen molar-refractivity contribution >= 4 is 17.9 Å². The van der Waals surface area contributed by atoms with Crippen molar-refractivity contribution in [2.75, 3.05) is 21.2 Å². The van der Waals surface area contributed by atoms with Crippen LogP contribution in [0.1, 0.15) is 21.5 Å². The van der Waals surface area contributed by atoms with Gasteiger partial charge in [-0.2, -0.15) is 0 Å². The van der Waals surface area contributed by atoms with Gasteiger partial charge in [0.15, 0.2) is 0 Å². The molecule has 130 valence electrons. The van der Waals surface area contributed by atoms with E-state index < -0.39 is 0 Å². The van der Waals surface area contributed by atoms with E-state index in [0.717, 1.165) is 16.9 Å². The molecule has 2 amide bonds. The van der Waals surface area contributed by atoms with Gasteiger partial charge in [0.1, 0.15) is 5.75 Å². The smallest absolute Gasteiger partial charge is 0.253 e. The molecule has 25 heavy (non-hydrogen) atoms. The molecule has 2 rings (SSSR count). The first kappa shape index (κ1) is 18.3. The summed E-state index contributed by atoms with van der Waals surface area (Å²) in [6.45, 7) is 0.392. The molecule has 0 aromatic heterocycles. The lowest BCUT2D eigenvalue weighted by Crippen LogP contribution is -2.21. The first-order valence-electron chi connectivity index (χ1n) is 7.91. The lowest BCUT2D eigenvalue weighted by Gasteiger charge is -2.10. The standard InChI is InChI=1S/C20H22N2O3/c1-22(2)20(24)16-11-8-15(9-12-16)10-13-19(23)21-14-17-6-4-5-7-18(17)25-3/h4-13H,14H2,1-3H3,(H,21,23)/b13-10+. The van der Waals surface area contributed by atoms with Gasteiger partial charge in [0.05, 0.1) is 7.11 Å². The summed E-state index contributed by atoms with van der Waals surface area (Å²) in [4.78, 5) is 25.3. The Kier molecular flexibility index (Phi) is 6.34. The maximum absolute atomic E-state index is 12.0. The van der Waals surface area contributed by atoms with E-state index in [9.17, 15) is 9.59 Å². The minimum Gasteiger partial charge on any atom is -0.496 e. The van der Waals surface area contributed by atoms with Crippen LogP contribution in [0.5, 0.6) is 5.75 Å². The van der Waals surface area contributed by atoms with E-state index in [1.807, 2.05) is 24.3 Å². The average molecular weight is 338 g/mol. The fourth-order valence-corrected chi connectivity index (χ4v) is 2.26. The van der Waals surface area contributed by atoms with E-state index in [2.05, 4.69) is 5.32 Å². The van der Waals surface area contributed by atoms with E-state index in [4.69, 9.17) is 4.74 Å². The zero-order chi connectivity index (χ0) is 18.2. The summed E-state index contributed by atoms with van der Waals surface area (Å²) in [5.74, 6) is 0.498. The fraction of sp³-hybridized carbons (Fsp3) is 0.200. The molecule has 0 radical (unpaired) electrons. The molecule has 0 aliphatic heterocycles. The predicted octanol–water partition coefficient (Wildman–Crippen LogP) is 2.73. The number of ether oxygens (including phenoxy) is 1. The summed E-state index contributed by atoms with van der Waals surface area (Å²) in [7, 11) is 5.02. The van der Waals surface area contributed by atoms with E-state index in [1.165, 1.54) is 11.0 Å². The van der Waals surface area contributed by atoms with Crippen molar-refractivity contribution in [3.05, 3.63) is 71.3 Å². The summed E-state index contributed by atoms with van der Waals surface area (Å²) in [6.07, 6.45) is 3.18. The van der Waals surface area contributed by atoms with Crippen molar-refractivity contribution in [3.63, 3.8) is 0 Å². The zero-order valence-electron chi connectivity index (χ0n) is 14.7. The van der Waals surface area contributed by atoms with Gasteiger partial charge in [0, 0.05) is 37.8 Å². The molecule has 0 aliphatic rings. The number of carbonyl (C=O) groups excluding carboxylic acids is 2. The Hall–Kier alpha value is -3.08. The molecule has 0 fully saturated rings. The Bertz CT molecular complexity index is 765. The number of nitrogens with one attached hydrogen (secondary N) is 1. The van der Waals surface area contributed by atoms with Gasteiger partial charge in [-0.25, -0.2) is 0 Å². The van der Waals surface area contributed by atoms with Gasteiger partial charge in [-0.05, 0) is 29.8 Å². The third-order valence-corrected chi connectivity index (χ3v) is 3.64. The molecule has 0 saturated heterocycles. The third-order valence-electron chi connectivity index (χ3n) is 3.64. The zero-order valence-corrected chi connectivity index (χ0v) is 14.7. The molecule has 0 saturated carbocycles. The molecule has 0 unspecified atom stereocenters. The molecule has 0 atom stereocenters. The number of hydrogen-bond acceptors (Lipinski definition) is 3. The fourth-order valence-electron chi connectivity index (χ4n) is 2.26. The molecule has 1 N–H and O–H groups in total. The van der Waals surface area contributed by atoms with Crippen LogP contribution in [0, 0.1) is 0 Å². The number of hydrogen-bond donors (Lipinski definition) is 1. The van der Waals surface area contributed by atoms with E-state index >= 15 is 0 Å². The van der Waals surface area contributed by atoms with Crippen molar-refractivity contribution in [1.82, 2.24) is 10.2 Å². The molecule has 0 spiro atoms. The average Bonchev–Trinajstić information content (AvgIpc) is 2.64. The number of benzene rings is 2. The molecule has 2 aromatic rings. The Labute approximate surface area is 147 Å². The summed E-state index contributed by atoms with van der Waals surface area (Å²) in [5, 5.41) is 2.82. The Morgan fingerprint density at radius 2 is 1.76 bits per heavy atom. The van der Waals surface area contributed by atoms with Crippen LogP contribution in [0.15, 0.2) is 54.6 Å². The highest BCUT2D eigenvalue weighted by Crippen LogP contribution is 2.16.